The average Bonchev–Trinajstić information content (AvgIpc) is 2.31. The van der Waals surface area contributed by atoms with Crippen molar-refractivity contribution < 1.29 is 13.3 Å². The van der Waals surface area contributed by atoms with Gasteiger partial charge >= 0.3 is 0 Å². The molecule has 102 valence electrons. The van der Waals surface area contributed by atoms with Crippen LogP contribution < -0.4 is 4.72 Å². The van der Waals surface area contributed by atoms with Crippen LogP contribution in [0.1, 0.15) is 18.1 Å². The summed E-state index contributed by atoms with van der Waals surface area (Å²) in [6, 6.07) is 4.31. The molecule has 0 amide bonds. The van der Waals surface area contributed by atoms with Gasteiger partial charge in [0.1, 0.15) is 0 Å². The Morgan fingerprint density at radius 1 is 1.37 bits per heavy atom. The van der Waals surface area contributed by atoms with Crippen LogP contribution in [-0.4, -0.2) is 18.6 Å². The molecule has 0 saturated heterocycles. The van der Waals surface area contributed by atoms with E-state index < -0.39 is 20.2 Å². The van der Waals surface area contributed by atoms with Crippen LogP contribution in [0.4, 0.5) is 11.4 Å². The van der Waals surface area contributed by atoms with Crippen molar-refractivity contribution in [3.8, 4) is 6.07 Å². The molecule has 1 atom stereocenters. The van der Waals surface area contributed by atoms with Gasteiger partial charge in [0.2, 0.25) is 10.0 Å². The van der Waals surface area contributed by atoms with E-state index in [2.05, 4.69) is 4.72 Å². The predicted molar refractivity (Wildman–Crippen MR) is 70.2 cm³/mol. The van der Waals surface area contributed by atoms with Crippen LogP contribution in [0, 0.1) is 35.3 Å². The number of hydrogen-bond acceptors (Lipinski definition) is 5. The SMILES string of the molecule is Cc1cc([N+](=O)[O-])c(C)cc1NS(=O)(=O)C(C)C#N. The van der Waals surface area contributed by atoms with Gasteiger partial charge in [-0.15, -0.1) is 0 Å². The first-order valence-electron chi connectivity index (χ1n) is 5.36. The molecule has 8 heteroatoms. The second-order valence-corrected chi connectivity index (χ2v) is 6.13. The van der Waals surface area contributed by atoms with Crippen molar-refractivity contribution in [1.82, 2.24) is 0 Å². The number of nitrogens with one attached hydrogen (secondary N) is 1. The average molecular weight is 283 g/mol. The molecule has 0 aliphatic heterocycles. The summed E-state index contributed by atoms with van der Waals surface area (Å²) >= 11 is 0. The zero-order chi connectivity index (χ0) is 14.8. The van der Waals surface area contributed by atoms with E-state index in [0.29, 0.717) is 11.1 Å². The summed E-state index contributed by atoms with van der Waals surface area (Å²) in [7, 11) is -3.82. The van der Waals surface area contributed by atoms with Crippen molar-refractivity contribution in [3.05, 3.63) is 33.4 Å². The van der Waals surface area contributed by atoms with Gasteiger partial charge in [0, 0.05) is 11.6 Å². The molecule has 19 heavy (non-hydrogen) atoms. The maximum atomic E-state index is 11.7. The maximum Gasteiger partial charge on any atom is 0.272 e. The van der Waals surface area contributed by atoms with E-state index >= 15 is 0 Å². The number of nitriles is 1. The van der Waals surface area contributed by atoms with Crippen LogP contribution >= 0.6 is 0 Å². The summed E-state index contributed by atoms with van der Waals surface area (Å²) in [4.78, 5) is 10.2. The number of nitrogens with zero attached hydrogens (tertiary/aromatic N) is 2. The minimum absolute atomic E-state index is 0.0752. The highest BCUT2D eigenvalue weighted by Gasteiger charge is 2.22. The number of nitro groups is 1. The van der Waals surface area contributed by atoms with Gasteiger partial charge < -0.3 is 0 Å². The van der Waals surface area contributed by atoms with Gasteiger partial charge in [-0.2, -0.15) is 5.26 Å². The molecule has 0 aliphatic rings. The summed E-state index contributed by atoms with van der Waals surface area (Å²) in [5.41, 5.74) is 0.933. The molecule has 0 spiro atoms. The van der Waals surface area contributed by atoms with Crippen LogP contribution in [0.25, 0.3) is 0 Å². The fourth-order valence-corrected chi connectivity index (χ4v) is 2.26. The summed E-state index contributed by atoms with van der Waals surface area (Å²) < 4.78 is 25.8. The van der Waals surface area contributed by atoms with Crippen LogP contribution in [0.15, 0.2) is 12.1 Å². The second kappa shape index (κ2) is 5.24. The highest BCUT2D eigenvalue weighted by atomic mass is 32.2. The van der Waals surface area contributed by atoms with E-state index in [4.69, 9.17) is 5.26 Å². The lowest BCUT2D eigenvalue weighted by Crippen LogP contribution is -2.24. The van der Waals surface area contributed by atoms with Crippen LogP contribution in [0.5, 0.6) is 0 Å². The lowest BCUT2D eigenvalue weighted by molar-refractivity contribution is -0.385. The van der Waals surface area contributed by atoms with Gasteiger partial charge in [-0.05, 0) is 32.4 Å². The predicted octanol–water partition coefficient (Wildman–Crippen LogP) is 1.87. The first kappa shape index (κ1) is 14.9. The Kier molecular flexibility index (Phi) is 4.11. The van der Waals surface area contributed by atoms with Crippen LogP contribution in [-0.2, 0) is 10.0 Å². The number of anilines is 1. The molecule has 1 unspecified atom stereocenters. The van der Waals surface area contributed by atoms with E-state index in [-0.39, 0.29) is 11.4 Å². The van der Waals surface area contributed by atoms with Gasteiger partial charge in [0.15, 0.2) is 5.25 Å². The lowest BCUT2D eigenvalue weighted by Gasteiger charge is -2.12. The number of sulfonamides is 1. The fraction of sp³-hybridized carbons (Fsp3) is 0.364. The Bertz CT molecular complexity index is 661. The fourth-order valence-electron chi connectivity index (χ4n) is 1.42. The van der Waals surface area contributed by atoms with Crippen molar-refractivity contribution in [2.45, 2.75) is 26.0 Å². The normalized spacial score (nSPS) is 12.5. The minimum Gasteiger partial charge on any atom is -0.282 e. The number of nitro benzene ring substituents is 1. The molecular weight excluding hydrogens is 270 g/mol. The molecule has 1 aromatic carbocycles. The third-order valence-corrected chi connectivity index (χ3v) is 4.18. The number of hydrogen-bond donors (Lipinski definition) is 1. The standard InChI is InChI=1S/C11H13N3O4S/c1-7-5-11(14(15)16)8(2)4-10(7)13-19(17,18)9(3)6-12/h4-5,9,13H,1-3H3. The first-order chi connectivity index (χ1) is 8.69. The largest absolute Gasteiger partial charge is 0.282 e. The summed E-state index contributed by atoms with van der Waals surface area (Å²) in [6.45, 7) is 4.33. The van der Waals surface area contributed by atoms with Gasteiger partial charge in [-0.1, -0.05) is 0 Å². The van der Waals surface area contributed by atoms with Gasteiger partial charge in [0.25, 0.3) is 5.69 Å². The highest BCUT2D eigenvalue weighted by Crippen LogP contribution is 2.27. The molecule has 1 rings (SSSR count). The smallest absolute Gasteiger partial charge is 0.272 e. The Balaban J connectivity index is 3.22. The third-order valence-electron chi connectivity index (χ3n) is 2.64. The first-order valence-corrected chi connectivity index (χ1v) is 6.90. The highest BCUT2D eigenvalue weighted by molar-refractivity contribution is 7.93. The maximum absolute atomic E-state index is 11.7. The summed E-state index contributed by atoms with van der Waals surface area (Å²) in [5.74, 6) is 0. The number of aryl methyl sites for hydroxylation is 2. The molecule has 0 aliphatic carbocycles. The molecule has 0 fully saturated rings. The minimum atomic E-state index is -3.82. The molecular formula is C11H13N3O4S. The second-order valence-electron chi connectivity index (χ2n) is 4.13. The molecule has 1 aromatic rings. The van der Waals surface area contributed by atoms with E-state index in [1.165, 1.54) is 26.0 Å². The van der Waals surface area contributed by atoms with Crippen molar-refractivity contribution in [2.24, 2.45) is 0 Å². The Morgan fingerprint density at radius 3 is 2.42 bits per heavy atom. The van der Waals surface area contributed by atoms with Crippen LogP contribution in [0.3, 0.4) is 0 Å². The number of rotatable bonds is 4. The zero-order valence-electron chi connectivity index (χ0n) is 10.7. The molecule has 7 nitrogen and oxygen atoms in total. The Labute approximate surface area is 111 Å². The van der Waals surface area contributed by atoms with Crippen molar-refractivity contribution in [2.75, 3.05) is 4.72 Å². The molecule has 0 heterocycles. The quantitative estimate of drug-likeness (QED) is 0.669. The summed E-state index contributed by atoms with van der Waals surface area (Å²) in [5, 5.41) is 18.2. The topological polar surface area (TPSA) is 113 Å². The van der Waals surface area contributed by atoms with Crippen molar-refractivity contribution in [1.29, 1.82) is 5.26 Å². The van der Waals surface area contributed by atoms with Crippen molar-refractivity contribution >= 4 is 21.4 Å². The van der Waals surface area contributed by atoms with Crippen molar-refractivity contribution in [3.63, 3.8) is 0 Å². The van der Waals surface area contributed by atoms with Gasteiger partial charge in [-0.25, -0.2) is 8.42 Å². The summed E-state index contributed by atoms with van der Waals surface area (Å²) in [6.07, 6.45) is 0. The van der Waals surface area contributed by atoms with Crippen LogP contribution in [0.2, 0.25) is 0 Å². The van der Waals surface area contributed by atoms with E-state index in [9.17, 15) is 18.5 Å². The molecule has 1 N–H and O–H groups in total. The van der Waals surface area contributed by atoms with Gasteiger partial charge in [-0.3, -0.25) is 14.8 Å². The van der Waals surface area contributed by atoms with Gasteiger partial charge in [0.05, 0.1) is 16.7 Å². The van der Waals surface area contributed by atoms with E-state index in [0.717, 1.165) is 0 Å². The lowest BCUT2D eigenvalue weighted by atomic mass is 10.1. The Hall–Kier alpha value is -2.14. The van der Waals surface area contributed by atoms with E-state index in [1.54, 1.807) is 13.0 Å². The van der Waals surface area contributed by atoms with E-state index in [1.807, 2.05) is 0 Å². The zero-order valence-corrected chi connectivity index (χ0v) is 11.5. The molecule has 0 bridgehead atoms. The molecule has 0 saturated carbocycles. The monoisotopic (exact) mass is 283 g/mol. The molecule has 0 aromatic heterocycles. The molecule has 0 radical (unpaired) electrons. The third kappa shape index (κ3) is 3.20. The number of benzene rings is 1. The Morgan fingerprint density at radius 2 is 1.95 bits per heavy atom.